The van der Waals surface area contributed by atoms with Gasteiger partial charge in [0.25, 0.3) is 0 Å². The number of hydrogen-bond donors (Lipinski definition) is 2. The van der Waals surface area contributed by atoms with Gasteiger partial charge in [0.05, 0.1) is 0 Å². The maximum absolute atomic E-state index is 5.74. The molecule has 0 bridgehead atoms. The van der Waals surface area contributed by atoms with Crippen LogP contribution in [0.1, 0.15) is 30.4 Å². The van der Waals surface area contributed by atoms with Gasteiger partial charge in [-0.3, -0.25) is 11.3 Å². The van der Waals surface area contributed by atoms with Crippen LogP contribution >= 0.6 is 11.8 Å². The van der Waals surface area contributed by atoms with Crippen LogP contribution in [0.25, 0.3) is 0 Å². The Balaban J connectivity index is 2.01. The van der Waals surface area contributed by atoms with Gasteiger partial charge in [-0.25, -0.2) is 0 Å². The van der Waals surface area contributed by atoms with E-state index in [0.717, 1.165) is 6.42 Å². The Morgan fingerprint density at radius 3 is 2.88 bits per heavy atom. The molecule has 94 valence electrons. The van der Waals surface area contributed by atoms with E-state index in [2.05, 4.69) is 48.4 Å². The number of nitrogens with one attached hydrogen (secondary N) is 1. The lowest BCUT2D eigenvalue weighted by Gasteiger charge is -2.29. The maximum atomic E-state index is 5.74. The highest BCUT2D eigenvalue weighted by atomic mass is 32.2. The molecule has 0 saturated carbocycles. The van der Waals surface area contributed by atoms with Crippen molar-refractivity contribution in [2.45, 2.75) is 43.9 Å². The molecular formula is C14H22N2S. The van der Waals surface area contributed by atoms with Gasteiger partial charge >= 0.3 is 0 Å². The minimum absolute atomic E-state index is 0.404. The predicted octanol–water partition coefficient (Wildman–Crippen LogP) is 2.66. The molecule has 1 fully saturated rings. The highest BCUT2D eigenvalue weighted by Gasteiger charge is 2.23. The summed E-state index contributed by atoms with van der Waals surface area (Å²) in [5, 5.41) is 0.674. The minimum Gasteiger partial charge on any atom is -0.271 e. The average Bonchev–Trinajstić information content (AvgIpc) is 2.39. The monoisotopic (exact) mass is 250 g/mol. The molecular weight excluding hydrogens is 228 g/mol. The van der Waals surface area contributed by atoms with E-state index in [0.29, 0.717) is 11.3 Å². The third kappa shape index (κ3) is 3.47. The molecule has 1 aliphatic heterocycles. The Morgan fingerprint density at radius 1 is 1.41 bits per heavy atom. The second-order valence-corrected chi connectivity index (χ2v) is 6.16. The second kappa shape index (κ2) is 6.43. The molecule has 1 aromatic rings. The fraction of sp³-hybridized carbons (Fsp3) is 0.571. The highest BCUT2D eigenvalue weighted by molar-refractivity contribution is 8.00. The van der Waals surface area contributed by atoms with E-state index in [9.17, 15) is 0 Å². The first-order valence-electron chi connectivity index (χ1n) is 6.43. The van der Waals surface area contributed by atoms with E-state index < -0.39 is 0 Å². The van der Waals surface area contributed by atoms with Crippen LogP contribution in [0.15, 0.2) is 24.3 Å². The second-order valence-electron chi connectivity index (χ2n) is 4.81. The summed E-state index contributed by atoms with van der Waals surface area (Å²) in [7, 11) is 0. The molecule has 2 atom stereocenters. The Kier molecular flexibility index (Phi) is 4.89. The van der Waals surface area contributed by atoms with Gasteiger partial charge in [0.2, 0.25) is 0 Å². The molecule has 0 spiro atoms. The molecule has 0 radical (unpaired) electrons. The molecule has 3 heteroatoms. The number of thioether (sulfide) groups is 1. The van der Waals surface area contributed by atoms with Crippen LogP contribution in [0.5, 0.6) is 0 Å². The van der Waals surface area contributed by atoms with Gasteiger partial charge in [0.15, 0.2) is 0 Å². The SMILES string of the molecule is Cc1ccccc1CC(NN)C1CCCCS1. The van der Waals surface area contributed by atoms with E-state index in [1.807, 2.05) is 0 Å². The first-order valence-corrected chi connectivity index (χ1v) is 7.48. The lowest BCUT2D eigenvalue weighted by atomic mass is 9.97. The Morgan fingerprint density at radius 2 is 2.24 bits per heavy atom. The van der Waals surface area contributed by atoms with Crippen molar-refractivity contribution >= 4 is 11.8 Å². The summed E-state index contributed by atoms with van der Waals surface area (Å²) in [6.07, 6.45) is 5.05. The molecule has 0 amide bonds. The third-order valence-electron chi connectivity index (χ3n) is 3.58. The number of hydrogen-bond acceptors (Lipinski definition) is 3. The van der Waals surface area contributed by atoms with Gasteiger partial charge in [0, 0.05) is 11.3 Å². The molecule has 2 nitrogen and oxygen atoms in total. The zero-order valence-electron chi connectivity index (χ0n) is 10.5. The molecule has 3 N–H and O–H groups in total. The number of hydrazine groups is 1. The summed E-state index contributed by atoms with van der Waals surface area (Å²) in [5.74, 6) is 7.03. The van der Waals surface area contributed by atoms with Crippen LogP contribution in [-0.4, -0.2) is 17.0 Å². The third-order valence-corrected chi connectivity index (χ3v) is 5.10. The van der Waals surface area contributed by atoms with Gasteiger partial charge in [-0.05, 0) is 43.1 Å². The van der Waals surface area contributed by atoms with Crippen molar-refractivity contribution in [3.8, 4) is 0 Å². The molecule has 1 aromatic carbocycles. The first kappa shape index (κ1) is 12.9. The van der Waals surface area contributed by atoms with Crippen molar-refractivity contribution in [3.63, 3.8) is 0 Å². The van der Waals surface area contributed by atoms with Crippen LogP contribution in [-0.2, 0) is 6.42 Å². The van der Waals surface area contributed by atoms with Gasteiger partial charge in [-0.15, -0.1) is 0 Å². The Hall–Kier alpha value is -0.510. The van der Waals surface area contributed by atoms with Crippen LogP contribution in [0, 0.1) is 6.92 Å². The fourth-order valence-corrected chi connectivity index (χ4v) is 3.87. The Labute approximate surface area is 108 Å². The normalized spacial score (nSPS) is 22.4. The summed E-state index contributed by atoms with van der Waals surface area (Å²) < 4.78 is 0. The first-order chi connectivity index (χ1) is 8.31. The van der Waals surface area contributed by atoms with Gasteiger partial charge < -0.3 is 0 Å². The van der Waals surface area contributed by atoms with Crippen molar-refractivity contribution in [2.75, 3.05) is 5.75 Å². The molecule has 1 heterocycles. The van der Waals surface area contributed by atoms with Gasteiger partial charge in [-0.2, -0.15) is 11.8 Å². The molecule has 17 heavy (non-hydrogen) atoms. The lowest BCUT2D eigenvalue weighted by Crippen LogP contribution is -2.45. The van der Waals surface area contributed by atoms with Crippen molar-refractivity contribution in [3.05, 3.63) is 35.4 Å². The van der Waals surface area contributed by atoms with Crippen LogP contribution in [0.4, 0.5) is 0 Å². The standard InChI is InChI=1S/C14H22N2S/c1-11-6-2-3-7-12(11)10-13(16-15)14-8-4-5-9-17-14/h2-3,6-7,13-14,16H,4-5,8-10,15H2,1H3. The van der Waals surface area contributed by atoms with E-state index in [1.165, 1.54) is 36.1 Å². The summed E-state index contributed by atoms with van der Waals surface area (Å²) in [6.45, 7) is 2.18. The summed E-state index contributed by atoms with van der Waals surface area (Å²) >= 11 is 2.08. The van der Waals surface area contributed by atoms with Crippen LogP contribution in [0.3, 0.4) is 0 Å². The average molecular weight is 250 g/mol. The summed E-state index contributed by atoms with van der Waals surface area (Å²) in [5.41, 5.74) is 5.81. The topological polar surface area (TPSA) is 38.0 Å². The lowest BCUT2D eigenvalue weighted by molar-refractivity contribution is 0.471. The number of aryl methyl sites for hydroxylation is 1. The quantitative estimate of drug-likeness (QED) is 0.637. The van der Waals surface area contributed by atoms with E-state index in [-0.39, 0.29) is 0 Å². The van der Waals surface area contributed by atoms with Crippen LogP contribution < -0.4 is 11.3 Å². The van der Waals surface area contributed by atoms with E-state index >= 15 is 0 Å². The van der Waals surface area contributed by atoms with E-state index in [1.54, 1.807) is 0 Å². The molecule has 1 saturated heterocycles. The summed E-state index contributed by atoms with van der Waals surface area (Å²) in [4.78, 5) is 0. The van der Waals surface area contributed by atoms with Gasteiger partial charge in [0.1, 0.15) is 0 Å². The smallest absolute Gasteiger partial charge is 0.0369 e. The van der Waals surface area contributed by atoms with E-state index in [4.69, 9.17) is 5.84 Å². The minimum atomic E-state index is 0.404. The molecule has 0 aliphatic carbocycles. The van der Waals surface area contributed by atoms with Gasteiger partial charge in [-0.1, -0.05) is 30.7 Å². The molecule has 2 rings (SSSR count). The molecule has 2 unspecified atom stereocenters. The Bertz CT molecular complexity index is 348. The highest BCUT2D eigenvalue weighted by Crippen LogP contribution is 2.29. The van der Waals surface area contributed by atoms with Crippen molar-refractivity contribution < 1.29 is 0 Å². The summed E-state index contributed by atoms with van der Waals surface area (Å²) in [6, 6.07) is 9.01. The predicted molar refractivity (Wildman–Crippen MR) is 76.1 cm³/mol. The van der Waals surface area contributed by atoms with Crippen molar-refractivity contribution in [2.24, 2.45) is 5.84 Å². The van der Waals surface area contributed by atoms with Crippen molar-refractivity contribution in [1.29, 1.82) is 0 Å². The number of benzene rings is 1. The fourth-order valence-electron chi connectivity index (χ4n) is 2.46. The molecule has 1 aliphatic rings. The number of nitrogens with two attached hydrogens (primary N) is 1. The largest absolute Gasteiger partial charge is 0.271 e. The zero-order valence-corrected chi connectivity index (χ0v) is 11.3. The van der Waals surface area contributed by atoms with Crippen molar-refractivity contribution in [1.82, 2.24) is 5.43 Å². The maximum Gasteiger partial charge on any atom is 0.0369 e. The van der Waals surface area contributed by atoms with Crippen LogP contribution in [0.2, 0.25) is 0 Å². The molecule has 0 aromatic heterocycles. The zero-order chi connectivity index (χ0) is 12.1. The number of rotatable bonds is 4.